The van der Waals surface area contributed by atoms with Crippen LogP contribution in [0.15, 0.2) is 89.1 Å². The van der Waals surface area contributed by atoms with Gasteiger partial charge in [-0.15, -0.1) is 0 Å². The molecule has 5 rings (SSSR count). The maximum atomic E-state index is 13.6. The molecule has 47 heavy (non-hydrogen) atoms. The Hall–Kier alpha value is -4.09. The number of allylic oxidation sites excluding steroid dienone is 1. The zero-order chi connectivity index (χ0) is 33.7. The molecule has 12 heteroatoms. The lowest BCUT2D eigenvalue weighted by Crippen LogP contribution is -2.48. The van der Waals surface area contributed by atoms with Crippen molar-refractivity contribution in [3.8, 4) is 0 Å². The van der Waals surface area contributed by atoms with Gasteiger partial charge in [0.1, 0.15) is 12.5 Å². The van der Waals surface area contributed by atoms with Crippen molar-refractivity contribution in [3.63, 3.8) is 0 Å². The monoisotopic (exact) mass is 678 g/mol. The number of methoxy groups -OCH3 is 1. The van der Waals surface area contributed by atoms with Gasteiger partial charge in [-0.05, 0) is 54.8 Å². The fourth-order valence-electron chi connectivity index (χ4n) is 6.42. The fourth-order valence-corrected chi connectivity index (χ4v) is 6.67. The van der Waals surface area contributed by atoms with Crippen molar-refractivity contribution in [1.29, 1.82) is 0 Å². The summed E-state index contributed by atoms with van der Waals surface area (Å²) in [5.74, 6) is -2.99. The SMILES string of the molecule is COC(=O)C1C(C)=NC(C)=C(C(=O)OCCN2CCN(C(c3ccc(Cl)cc3)c3ccc(Cl)cc3)CC2)C1c1cccc([N+](=O)[O-])c1. The Morgan fingerprint density at radius 1 is 0.957 bits per heavy atom. The molecule has 1 saturated heterocycles. The number of ether oxygens (including phenoxy) is 2. The predicted molar refractivity (Wildman–Crippen MR) is 181 cm³/mol. The molecule has 0 saturated carbocycles. The average molecular weight is 680 g/mol. The standard InChI is InChI=1S/C35H36Cl2N4O6/c1-22-30(34(42)46-3)32(26-5-4-6-29(21-26)41(44)45)31(23(2)38-22)35(43)47-20-19-39-15-17-40(18-16-39)33(24-7-11-27(36)12-8-24)25-9-13-28(37)14-10-25/h4-14,21,30,32-33H,15-20H2,1-3H3. The molecule has 0 spiro atoms. The summed E-state index contributed by atoms with van der Waals surface area (Å²) in [6.45, 7) is 7.11. The van der Waals surface area contributed by atoms with Gasteiger partial charge in [0.05, 0.1) is 23.6 Å². The van der Waals surface area contributed by atoms with Crippen LogP contribution in [-0.4, -0.2) is 78.8 Å². The van der Waals surface area contributed by atoms with E-state index in [1.54, 1.807) is 19.9 Å². The maximum Gasteiger partial charge on any atom is 0.336 e. The van der Waals surface area contributed by atoms with Crippen LogP contribution in [0.25, 0.3) is 0 Å². The molecular weight excluding hydrogens is 643 g/mol. The summed E-state index contributed by atoms with van der Waals surface area (Å²) < 4.78 is 10.8. The minimum atomic E-state index is -0.935. The van der Waals surface area contributed by atoms with Crippen molar-refractivity contribution in [3.05, 3.63) is 121 Å². The Kier molecular flexibility index (Phi) is 11.1. The van der Waals surface area contributed by atoms with E-state index in [2.05, 4.69) is 14.8 Å². The van der Waals surface area contributed by atoms with Crippen molar-refractivity contribution < 1.29 is 24.0 Å². The second kappa shape index (κ2) is 15.2. The van der Waals surface area contributed by atoms with Crippen LogP contribution in [0.4, 0.5) is 5.69 Å². The Bertz CT molecular complexity index is 1640. The molecule has 2 heterocycles. The lowest BCUT2D eigenvalue weighted by atomic mass is 9.75. The first-order valence-electron chi connectivity index (χ1n) is 15.3. The van der Waals surface area contributed by atoms with E-state index in [0.29, 0.717) is 33.6 Å². The Labute approximate surface area is 283 Å². The van der Waals surface area contributed by atoms with Crippen molar-refractivity contribution >= 4 is 46.5 Å². The summed E-state index contributed by atoms with van der Waals surface area (Å²) in [6, 6.07) is 21.8. The van der Waals surface area contributed by atoms with E-state index in [1.165, 1.54) is 25.3 Å². The quantitative estimate of drug-likeness (QED) is 0.136. The van der Waals surface area contributed by atoms with Gasteiger partial charge in [-0.2, -0.15) is 0 Å². The molecule has 3 aromatic carbocycles. The molecule has 0 aromatic heterocycles. The number of nitro groups is 1. The number of nitrogens with zero attached hydrogens (tertiary/aromatic N) is 4. The smallest absolute Gasteiger partial charge is 0.336 e. The van der Waals surface area contributed by atoms with Crippen LogP contribution in [0.2, 0.25) is 10.0 Å². The Morgan fingerprint density at radius 2 is 1.55 bits per heavy atom. The molecule has 0 amide bonds. The third kappa shape index (κ3) is 7.90. The van der Waals surface area contributed by atoms with E-state index in [0.717, 1.165) is 37.3 Å². The number of rotatable bonds is 10. The van der Waals surface area contributed by atoms with Gasteiger partial charge < -0.3 is 9.47 Å². The second-order valence-corrected chi connectivity index (χ2v) is 12.5. The minimum absolute atomic E-state index is 0.0308. The fraction of sp³-hybridized carbons (Fsp3) is 0.343. The minimum Gasteiger partial charge on any atom is -0.468 e. The second-order valence-electron chi connectivity index (χ2n) is 11.6. The van der Waals surface area contributed by atoms with Crippen LogP contribution in [0.3, 0.4) is 0 Å². The summed E-state index contributed by atoms with van der Waals surface area (Å²) in [7, 11) is 1.26. The highest BCUT2D eigenvalue weighted by Crippen LogP contribution is 2.41. The number of hydrogen-bond donors (Lipinski definition) is 0. The summed E-state index contributed by atoms with van der Waals surface area (Å²) in [5, 5.41) is 12.9. The number of hydrogen-bond acceptors (Lipinski definition) is 9. The van der Waals surface area contributed by atoms with Crippen LogP contribution < -0.4 is 0 Å². The Morgan fingerprint density at radius 3 is 2.11 bits per heavy atom. The van der Waals surface area contributed by atoms with E-state index < -0.39 is 28.7 Å². The van der Waals surface area contributed by atoms with E-state index >= 15 is 0 Å². The zero-order valence-corrected chi connectivity index (χ0v) is 27.9. The molecule has 0 bridgehead atoms. The lowest BCUT2D eigenvalue weighted by molar-refractivity contribution is -0.384. The first-order chi connectivity index (χ1) is 22.6. The number of piperazine rings is 1. The average Bonchev–Trinajstić information content (AvgIpc) is 3.06. The molecule has 3 aromatic rings. The molecule has 2 atom stereocenters. The number of aliphatic imine (C=N–C) groups is 1. The molecule has 0 N–H and O–H groups in total. The van der Waals surface area contributed by atoms with Gasteiger partial charge in [0.15, 0.2) is 0 Å². The normalized spacial score (nSPS) is 19.0. The summed E-state index contributed by atoms with van der Waals surface area (Å²) in [6.07, 6.45) is 0. The van der Waals surface area contributed by atoms with E-state index in [-0.39, 0.29) is 23.9 Å². The van der Waals surface area contributed by atoms with Crippen molar-refractivity contribution in [1.82, 2.24) is 9.80 Å². The van der Waals surface area contributed by atoms with E-state index in [1.807, 2.05) is 48.5 Å². The van der Waals surface area contributed by atoms with E-state index in [4.69, 9.17) is 32.7 Å². The van der Waals surface area contributed by atoms with Crippen LogP contribution in [0.1, 0.15) is 42.5 Å². The van der Waals surface area contributed by atoms with Gasteiger partial charge in [0.25, 0.3) is 5.69 Å². The first kappa shape index (κ1) is 34.3. The predicted octanol–water partition coefficient (Wildman–Crippen LogP) is 6.47. The van der Waals surface area contributed by atoms with Crippen molar-refractivity contribution in [2.45, 2.75) is 25.8 Å². The number of benzene rings is 3. The molecule has 1 fully saturated rings. The van der Waals surface area contributed by atoms with Gasteiger partial charge in [0, 0.05) is 72.2 Å². The van der Waals surface area contributed by atoms with Crippen LogP contribution in [0.5, 0.6) is 0 Å². The van der Waals surface area contributed by atoms with Crippen molar-refractivity contribution in [2.24, 2.45) is 10.9 Å². The van der Waals surface area contributed by atoms with Crippen LogP contribution in [-0.2, 0) is 19.1 Å². The molecular formula is C35H36Cl2N4O6. The highest BCUT2D eigenvalue weighted by molar-refractivity contribution is 6.30. The lowest BCUT2D eigenvalue weighted by Gasteiger charge is -2.39. The topological polar surface area (TPSA) is 115 Å². The molecule has 10 nitrogen and oxygen atoms in total. The number of carbonyl (C=O) groups is 2. The number of halogens is 2. The van der Waals surface area contributed by atoms with Gasteiger partial charge in [-0.3, -0.25) is 29.7 Å². The highest BCUT2D eigenvalue weighted by Gasteiger charge is 2.42. The van der Waals surface area contributed by atoms with Crippen LogP contribution in [0, 0.1) is 16.0 Å². The highest BCUT2D eigenvalue weighted by atomic mass is 35.5. The number of carbonyl (C=O) groups excluding carboxylic acids is 2. The molecule has 0 aliphatic carbocycles. The zero-order valence-electron chi connectivity index (χ0n) is 26.4. The summed E-state index contributed by atoms with van der Waals surface area (Å²) in [4.78, 5) is 46.7. The van der Waals surface area contributed by atoms with Gasteiger partial charge in [0.2, 0.25) is 0 Å². The molecule has 2 aliphatic heterocycles. The van der Waals surface area contributed by atoms with Gasteiger partial charge >= 0.3 is 11.9 Å². The molecule has 2 unspecified atom stereocenters. The number of esters is 2. The van der Waals surface area contributed by atoms with Crippen molar-refractivity contribution in [2.75, 3.05) is 46.4 Å². The van der Waals surface area contributed by atoms with E-state index in [9.17, 15) is 19.7 Å². The largest absolute Gasteiger partial charge is 0.468 e. The molecule has 0 radical (unpaired) electrons. The third-order valence-corrected chi connectivity index (χ3v) is 9.23. The van der Waals surface area contributed by atoms with Gasteiger partial charge in [-0.1, -0.05) is 59.6 Å². The first-order valence-corrected chi connectivity index (χ1v) is 16.1. The Balaban J connectivity index is 1.26. The number of non-ortho nitro benzene ring substituents is 1. The van der Waals surface area contributed by atoms with Gasteiger partial charge in [-0.25, -0.2) is 4.79 Å². The van der Waals surface area contributed by atoms with Crippen LogP contribution >= 0.6 is 23.2 Å². The summed E-state index contributed by atoms with van der Waals surface area (Å²) in [5.41, 5.74) is 3.59. The summed E-state index contributed by atoms with van der Waals surface area (Å²) >= 11 is 12.4. The number of nitro benzene ring substituents is 1. The third-order valence-electron chi connectivity index (χ3n) is 8.73. The maximum absolute atomic E-state index is 13.6. The molecule has 246 valence electrons. The molecule has 2 aliphatic rings.